The van der Waals surface area contributed by atoms with E-state index in [-0.39, 0.29) is 5.91 Å². The van der Waals surface area contributed by atoms with Crippen molar-refractivity contribution in [3.8, 4) is 5.69 Å². The number of H-pyrrole nitrogens is 1. The van der Waals surface area contributed by atoms with E-state index >= 15 is 0 Å². The van der Waals surface area contributed by atoms with Crippen LogP contribution in [0.25, 0.3) is 5.69 Å². The van der Waals surface area contributed by atoms with Crippen LogP contribution in [-0.2, 0) is 0 Å². The van der Waals surface area contributed by atoms with Crippen LogP contribution in [0, 0.1) is 4.77 Å². The largest absolute Gasteiger partial charge is 0.336 e. The van der Waals surface area contributed by atoms with Crippen molar-refractivity contribution in [1.82, 2.24) is 9.55 Å². The van der Waals surface area contributed by atoms with Gasteiger partial charge in [0, 0.05) is 17.6 Å². The van der Waals surface area contributed by atoms with Crippen molar-refractivity contribution in [2.24, 2.45) is 0 Å². The number of nitrogens with zero attached hydrogens (tertiary/aromatic N) is 1. The van der Waals surface area contributed by atoms with Crippen LogP contribution in [0.4, 0.5) is 5.69 Å². The Morgan fingerprint density at radius 3 is 2.58 bits per heavy atom. The van der Waals surface area contributed by atoms with Crippen LogP contribution in [-0.4, -0.2) is 15.5 Å². The van der Waals surface area contributed by atoms with Crippen LogP contribution in [0.5, 0.6) is 0 Å². The number of benzene rings is 2. The fraction of sp³-hybridized carbons (Fsp3) is 0.158. The van der Waals surface area contributed by atoms with Gasteiger partial charge in [0.1, 0.15) is 5.69 Å². The lowest BCUT2D eigenvalue weighted by Gasteiger charge is -2.11. The average molecular weight is 337 g/mol. The van der Waals surface area contributed by atoms with Crippen LogP contribution >= 0.6 is 12.2 Å². The predicted molar refractivity (Wildman–Crippen MR) is 99.4 cm³/mol. The minimum atomic E-state index is -0.202. The molecule has 3 aromatic rings. The summed E-state index contributed by atoms with van der Waals surface area (Å²) in [5.74, 6) is 0.203. The van der Waals surface area contributed by atoms with Crippen molar-refractivity contribution in [2.75, 3.05) is 5.32 Å². The Morgan fingerprint density at radius 2 is 1.88 bits per heavy atom. The highest BCUT2D eigenvalue weighted by Crippen LogP contribution is 2.20. The lowest BCUT2D eigenvalue weighted by molar-refractivity contribution is 0.102. The number of hydrogen-bond acceptors (Lipinski definition) is 2. The molecule has 1 heterocycles. The standard InChI is InChI=1S/C19H19N3OS/c1-13(2)14-7-6-8-15(11-14)21-18(23)17-12-20-19(24)22(17)16-9-4-3-5-10-16/h3-13H,1-2H3,(H,20,24)(H,21,23). The summed E-state index contributed by atoms with van der Waals surface area (Å²) in [6.07, 6.45) is 1.64. The van der Waals surface area contributed by atoms with Crippen LogP contribution in [0.1, 0.15) is 35.8 Å². The second-order valence-corrected chi connectivity index (χ2v) is 6.27. The lowest BCUT2D eigenvalue weighted by Crippen LogP contribution is -2.16. The van der Waals surface area contributed by atoms with E-state index in [1.165, 1.54) is 5.56 Å². The van der Waals surface area contributed by atoms with Crippen molar-refractivity contribution in [2.45, 2.75) is 19.8 Å². The Hall–Kier alpha value is -2.66. The molecule has 2 aromatic carbocycles. The summed E-state index contributed by atoms with van der Waals surface area (Å²) >= 11 is 5.32. The van der Waals surface area contributed by atoms with Gasteiger partial charge in [-0.2, -0.15) is 0 Å². The number of anilines is 1. The number of imidazole rings is 1. The van der Waals surface area contributed by atoms with E-state index in [0.717, 1.165) is 11.4 Å². The molecular weight excluding hydrogens is 318 g/mol. The van der Waals surface area contributed by atoms with E-state index in [1.54, 1.807) is 10.8 Å². The second kappa shape index (κ2) is 6.84. The first-order valence-corrected chi connectivity index (χ1v) is 8.24. The number of para-hydroxylation sites is 1. The number of hydrogen-bond donors (Lipinski definition) is 2. The molecule has 1 amide bonds. The first kappa shape index (κ1) is 16.2. The van der Waals surface area contributed by atoms with Gasteiger partial charge in [-0.15, -0.1) is 0 Å². The number of aromatic amines is 1. The number of aromatic nitrogens is 2. The average Bonchev–Trinajstić information content (AvgIpc) is 2.97. The minimum absolute atomic E-state index is 0.202. The molecule has 0 unspecified atom stereocenters. The van der Waals surface area contributed by atoms with Crippen molar-refractivity contribution in [3.05, 3.63) is 76.8 Å². The Morgan fingerprint density at radius 1 is 1.12 bits per heavy atom. The minimum Gasteiger partial charge on any atom is -0.336 e. The molecule has 0 aliphatic heterocycles. The molecular formula is C19H19N3OS. The van der Waals surface area contributed by atoms with Crippen LogP contribution < -0.4 is 5.32 Å². The monoisotopic (exact) mass is 337 g/mol. The van der Waals surface area contributed by atoms with Gasteiger partial charge in [0.2, 0.25) is 0 Å². The Bertz CT molecular complexity index is 910. The molecule has 0 atom stereocenters. The summed E-state index contributed by atoms with van der Waals surface area (Å²) in [4.78, 5) is 15.7. The topological polar surface area (TPSA) is 49.8 Å². The molecule has 5 heteroatoms. The maximum Gasteiger partial charge on any atom is 0.274 e. The SMILES string of the molecule is CC(C)c1cccc(NC(=O)c2c[nH]c(=S)n2-c2ccccc2)c1. The van der Waals surface area contributed by atoms with Gasteiger partial charge in [-0.25, -0.2) is 0 Å². The third-order valence-corrected chi connectivity index (χ3v) is 4.13. The summed E-state index contributed by atoms with van der Waals surface area (Å²) in [5.41, 5.74) is 3.28. The number of carbonyl (C=O) groups excluding carboxylic acids is 1. The zero-order valence-electron chi connectivity index (χ0n) is 13.6. The highest BCUT2D eigenvalue weighted by molar-refractivity contribution is 7.71. The molecule has 1 aromatic heterocycles. The molecule has 4 nitrogen and oxygen atoms in total. The predicted octanol–water partition coefficient (Wildman–Crippen LogP) is 4.91. The van der Waals surface area contributed by atoms with E-state index < -0.39 is 0 Å². The van der Waals surface area contributed by atoms with Crippen molar-refractivity contribution in [1.29, 1.82) is 0 Å². The van der Waals surface area contributed by atoms with Crippen LogP contribution in [0.2, 0.25) is 0 Å². The second-order valence-electron chi connectivity index (χ2n) is 5.88. The summed E-state index contributed by atoms with van der Waals surface area (Å²) in [6, 6.07) is 17.5. The molecule has 0 radical (unpaired) electrons. The molecule has 2 N–H and O–H groups in total. The van der Waals surface area contributed by atoms with Crippen molar-refractivity contribution >= 4 is 23.8 Å². The number of amides is 1. The van der Waals surface area contributed by atoms with Gasteiger partial charge < -0.3 is 10.3 Å². The molecule has 0 saturated heterocycles. The number of nitrogens with one attached hydrogen (secondary N) is 2. The molecule has 0 bridgehead atoms. The van der Waals surface area contributed by atoms with E-state index in [1.807, 2.05) is 48.5 Å². The van der Waals surface area contributed by atoms with Crippen molar-refractivity contribution < 1.29 is 4.79 Å². The molecule has 0 fully saturated rings. The lowest BCUT2D eigenvalue weighted by atomic mass is 10.0. The fourth-order valence-corrected chi connectivity index (χ4v) is 2.80. The Balaban J connectivity index is 1.92. The summed E-state index contributed by atoms with van der Waals surface area (Å²) in [7, 11) is 0. The van der Waals surface area contributed by atoms with Gasteiger partial charge in [-0.3, -0.25) is 9.36 Å². The molecule has 24 heavy (non-hydrogen) atoms. The van der Waals surface area contributed by atoms with Gasteiger partial charge in [-0.05, 0) is 48.0 Å². The van der Waals surface area contributed by atoms with Crippen LogP contribution in [0.3, 0.4) is 0 Å². The van der Waals surface area contributed by atoms with Gasteiger partial charge in [-0.1, -0.05) is 44.2 Å². The fourth-order valence-electron chi connectivity index (χ4n) is 2.54. The highest BCUT2D eigenvalue weighted by atomic mass is 32.1. The number of rotatable bonds is 4. The summed E-state index contributed by atoms with van der Waals surface area (Å²) in [5, 5.41) is 2.95. The first-order valence-electron chi connectivity index (χ1n) is 7.83. The zero-order valence-corrected chi connectivity index (χ0v) is 14.4. The molecule has 0 spiro atoms. The third-order valence-electron chi connectivity index (χ3n) is 3.83. The zero-order chi connectivity index (χ0) is 17.1. The summed E-state index contributed by atoms with van der Waals surface area (Å²) in [6.45, 7) is 4.25. The normalized spacial score (nSPS) is 10.8. The van der Waals surface area contributed by atoms with E-state index in [9.17, 15) is 4.79 Å². The Kier molecular flexibility index (Phi) is 4.62. The molecule has 0 saturated carbocycles. The highest BCUT2D eigenvalue weighted by Gasteiger charge is 2.14. The molecule has 122 valence electrons. The van der Waals surface area contributed by atoms with E-state index in [0.29, 0.717) is 16.4 Å². The molecule has 0 aliphatic rings. The Labute approximate surface area is 146 Å². The van der Waals surface area contributed by atoms with Gasteiger partial charge in [0.25, 0.3) is 5.91 Å². The van der Waals surface area contributed by atoms with E-state index in [2.05, 4.69) is 30.2 Å². The van der Waals surface area contributed by atoms with Gasteiger partial charge >= 0.3 is 0 Å². The molecule has 3 rings (SSSR count). The maximum absolute atomic E-state index is 12.7. The van der Waals surface area contributed by atoms with Gasteiger partial charge in [0.15, 0.2) is 4.77 Å². The number of carbonyl (C=O) groups is 1. The van der Waals surface area contributed by atoms with E-state index in [4.69, 9.17) is 12.2 Å². The molecule has 0 aliphatic carbocycles. The first-order chi connectivity index (χ1) is 11.6. The van der Waals surface area contributed by atoms with Crippen molar-refractivity contribution in [3.63, 3.8) is 0 Å². The van der Waals surface area contributed by atoms with Gasteiger partial charge in [0.05, 0.1) is 0 Å². The van der Waals surface area contributed by atoms with Crippen LogP contribution in [0.15, 0.2) is 60.8 Å². The quantitative estimate of drug-likeness (QED) is 0.665. The smallest absolute Gasteiger partial charge is 0.274 e. The summed E-state index contributed by atoms with van der Waals surface area (Å²) < 4.78 is 2.22. The maximum atomic E-state index is 12.7. The third kappa shape index (κ3) is 3.31.